The second kappa shape index (κ2) is 17.0. The molecule has 0 aliphatic carbocycles. The van der Waals surface area contributed by atoms with Crippen LogP contribution in [-0.2, 0) is 9.59 Å². The minimum atomic E-state index is -0.692. The van der Waals surface area contributed by atoms with Crippen molar-refractivity contribution in [1.82, 2.24) is 20.4 Å². The van der Waals surface area contributed by atoms with E-state index in [-0.39, 0.29) is 29.6 Å². The zero-order chi connectivity index (χ0) is 40.4. The van der Waals surface area contributed by atoms with E-state index >= 15 is 0 Å². The van der Waals surface area contributed by atoms with Crippen LogP contribution in [0.5, 0.6) is 0 Å². The third kappa shape index (κ3) is 8.66. The highest BCUT2D eigenvalue weighted by Crippen LogP contribution is 2.46. The largest absolute Gasteiger partial charge is 0.371 e. The molecule has 0 bridgehead atoms. The first-order chi connectivity index (χ1) is 28.1. The van der Waals surface area contributed by atoms with Gasteiger partial charge in [-0.05, 0) is 124 Å². The van der Waals surface area contributed by atoms with Gasteiger partial charge >= 0.3 is 0 Å². The molecule has 5 aliphatic rings. The summed E-state index contributed by atoms with van der Waals surface area (Å²) in [6.45, 7) is 11.6. The molecule has 13 heteroatoms. The van der Waals surface area contributed by atoms with E-state index in [1.165, 1.54) is 5.69 Å². The van der Waals surface area contributed by atoms with Crippen molar-refractivity contribution >= 4 is 52.3 Å². The summed E-state index contributed by atoms with van der Waals surface area (Å²) < 4.78 is 0. The highest BCUT2D eigenvalue weighted by Gasteiger charge is 2.44. The normalized spacial score (nSPS) is 22.8. The number of piperidine rings is 3. The van der Waals surface area contributed by atoms with Crippen LogP contribution in [0, 0.1) is 22.7 Å². The molecule has 5 heterocycles. The van der Waals surface area contributed by atoms with Crippen molar-refractivity contribution in [2.45, 2.75) is 64.0 Å². The van der Waals surface area contributed by atoms with Crippen molar-refractivity contribution in [2.75, 3.05) is 80.1 Å². The number of hydrogen-bond acceptors (Lipinski definition) is 9. The molecular formula is C45H53ClN8O4. The smallest absolute Gasteiger partial charge is 0.253 e. The first-order valence-corrected chi connectivity index (χ1v) is 21.3. The highest BCUT2D eigenvalue weighted by molar-refractivity contribution is 6.32. The summed E-state index contributed by atoms with van der Waals surface area (Å²) in [5.41, 5.74) is 5.37. The molecule has 12 nitrogen and oxygen atoms in total. The predicted octanol–water partition coefficient (Wildman–Crippen LogP) is 5.31. The Balaban J connectivity index is 0.749. The number of carbonyl (C=O) groups excluding carboxylic acids is 4. The summed E-state index contributed by atoms with van der Waals surface area (Å²) >= 11 is 6.38. The van der Waals surface area contributed by atoms with Crippen LogP contribution < -0.4 is 25.3 Å². The maximum absolute atomic E-state index is 13.6. The van der Waals surface area contributed by atoms with E-state index in [9.17, 15) is 24.4 Å². The molecule has 304 valence electrons. The number of hydrogen-bond donors (Lipinski definition) is 2. The molecule has 1 spiro atoms. The SMILES string of the molecule is C[C@H]1CC2(CCN(c3ccc(C(=O)N4CCC(CN5CCN(c6ccc(C(=O)N[C@@H]7CCC(=O)NC7=O)cc6)CC5)CC4)cc3)CC2)CN1c1ccc(C#N)c(Cl)c1. The summed E-state index contributed by atoms with van der Waals surface area (Å²) in [7, 11) is 0. The van der Waals surface area contributed by atoms with E-state index < -0.39 is 11.9 Å². The van der Waals surface area contributed by atoms with Gasteiger partial charge in [-0.1, -0.05) is 11.6 Å². The van der Waals surface area contributed by atoms with Crippen LogP contribution in [0.1, 0.15) is 78.1 Å². The van der Waals surface area contributed by atoms with Crippen LogP contribution in [0.4, 0.5) is 17.1 Å². The highest BCUT2D eigenvalue weighted by atomic mass is 35.5. The zero-order valence-electron chi connectivity index (χ0n) is 33.3. The van der Waals surface area contributed by atoms with Crippen molar-refractivity contribution in [3.63, 3.8) is 0 Å². The number of halogens is 1. The lowest BCUT2D eigenvalue weighted by Crippen LogP contribution is -2.52. The average molecular weight is 805 g/mol. The van der Waals surface area contributed by atoms with E-state index in [2.05, 4.69) is 55.4 Å². The average Bonchev–Trinajstić information content (AvgIpc) is 3.57. The van der Waals surface area contributed by atoms with Gasteiger partial charge in [-0.3, -0.25) is 29.4 Å². The maximum Gasteiger partial charge on any atom is 0.253 e. The summed E-state index contributed by atoms with van der Waals surface area (Å²) in [4.78, 5) is 61.5. The van der Waals surface area contributed by atoms with Gasteiger partial charge in [-0.25, -0.2) is 0 Å². The van der Waals surface area contributed by atoms with Crippen LogP contribution in [0.15, 0.2) is 66.7 Å². The minimum Gasteiger partial charge on any atom is -0.371 e. The van der Waals surface area contributed by atoms with Gasteiger partial charge in [0.2, 0.25) is 11.8 Å². The van der Waals surface area contributed by atoms with Crippen LogP contribution in [-0.4, -0.2) is 111 Å². The summed E-state index contributed by atoms with van der Waals surface area (Å²) in [5.74, 6) is -0.388. The zero-order valence-corrected chi connectivity index (χ0v) is 34.1. The second-order valence-electron chi connectivity index (χ2n) is 17.0. The molecule has 0 radical (unpaired) electrons. The third-order valence-electron chi connectivity index (χ3n) is 13.3. The van der Waals surface area contributed by atoms with E-state index in [0.717, 1.165) is 114 Å². The van der Waals surface area contributed by atoms with Gasteiger partial charge in [0.05, 0.1) is 10.6 Å². The quantitative estimate of drug-likeness (QED) is 0.291. The number of piperazine rings is 1. The van der Waals surface area contributed by atoms with Crippen LogP contribution in [0.25, 0.3) is 0 Å². The molecule has 3 aromatic carbocycles. The molecule has 5 saturated heterocycles. The maximum atomic E-state index is 13.6. The standard InChI is InChI=1S/C45H53ClN8O4/c1-31-27-45(30-54(31)38-11-6-35(28-47)39(46)26-38)16-20-51(21-17-45)36-9-4-34(5-10-36)44(58)53-18-14-32(15-19-53)29-50-22-24-52(25-23-50)37-7-2-33(3-8-37)42(56)48-40-12-13-41(55)49-43(40)57/h2-11,26,31-32,40H,12-25,27,29-30H2,1H3,(H,48,56)(H,49,55,57)/t31-,40+/m0/s1. The van der Waals surface area contributed by atoms with Crippen molar-refractivity contribution in [2.24, 2.45) is 11.3 Å². The van der Waals surface area contributed by atoms with Crippen molar-refractivity contribution < 1.29 is 19.2 Å². The van der Waals surface area contributed by atoms with Crippen molar-refractivity contribution in [3.05, 3.63) is 88.4 Å². The van der Waals surface area contributed by atoms with E-state index in [4.69, 9.17) is 11.6 Å². The summed E-state index contributed by atoms with van der Waals surface area (Å²) in [6.07, 6.45) is 5.94. The lowest BCUT2D eigenvalue weighted by Gasteiger charge is -2.40. The first-order valence-electron chi connectivity index (χ1n) is 20.9. The Kier molecular flexibility index (Phi) is 11.6. The monoisotopic (exact) mass is 804 g/mol. The number of anilines is 3. The number of nitrogens with zero attached hydrogens (tertiary/aromatic N) is 6. The number of benzene rings is 3. The molecule has 0 saturated carbocycles. The minimum absolute atomic E-state index is 0.124. The number of likely N-dealkylation sites (tertiary alicyclic amines) is 1. The Morgan fingerprint density at radius 3 is 2.07 bits per heavy atom. The Hall–Kier alpha value is -5.12. The molecule has 0 unspecified atom stereocenters. The molecule has 2 N–H and O–H groups in total. The first kappa shape index (κ1) is 39.7. The number of rotatable bonds is 8. The molecule has 0 aromatic heterocycles. The molecule has 5 aliphatic heterocycles. The molecule has 8 rings (SSSR count). The number of nitrogens with one attached hydrogen (secondary N) is 2. The second-order valence-corrected chi connectivity index (χ2v) is 17.4. The van der Waals surface area contributed by atoms with Gasteiger partial charge in [0, 0.05) is 106 Å². The summed E-state index contributed by atoms with van der Waals surface area (Å²) in [6, 6.07) is 23.4. The van der Waals surface area contributed by atoms with Crippen LogP contribution in [0.2, 0.25) is 5.02 Å². The third-order valence-corrected chi connectivity index (χ3v) is 13.6. The molecule has 58 heavy (non-hydrogen) atoms. The Labute approximate surface area is 346 Å². The van der Waals surface area contributed by atoms with Gasteiger partial charge < -0.3 is 24.9 Å². The van der Waals surface area contributed by atoms with Crippen molar-refractivity contribution in [3.8, 4) is 6.07 Å². The van der Waals surface area contributed by atoms with E-state index in [1.54, 1.807) is 12.1 Å². The fourth-order valence-corrected chi connectivity index (χ4v) is 10.0. The lowest BCUT2D eigenvalue weighted by atomic mass is 9.76. The van der Waals surface area contributed by atoms with Crippen molar-refractivity contribution in [1.29, 1.82) is 5.26 Å². The van der Waals surface area contributed by atoms with Crippen LogP contribution >= 0.6 is 11.6 Å². The van der Waals surface area contributed by atoms with Gasteiger partial charge in [0.1, 0.15) is 12.1 Å². The number of nitriles is 1. The lowest BCUT2D eigenvalue weighted by molar-refractivity contribution is -0.134. The Morgan fingerprint density at radius 1 is 0.828 bits per heavy atom. The topological polar surface area (TPSA) is 132 Å². The Morgan fingerprint density at radius 2 is 1.45 bits per heavy atom. The van der Waals surface area contributed by atoms with Gasteiger partial charge in [0.25, 0.3) is 11.8 Å². The molecular weight excluding hydrogens is 752 g/mol. The number of carbonyl (C=O) groups is 4. The number of imide groups is 1. The molecule has 5 fully saturated rings. The van der Waals surface area contributed by atoms with Gasteiger partial charge in [0.15, 0.2) is 0 Å². The fourth-order valence-electron chi connectivity index (χ4n) is 9.81. The molecule has 3 aromatic rings. The van der Waals surface area contributed by atoms with E-state index in [1.807, 2.05) is 47.4 Å². The van der Waals surface area contributed by atoms with Crippen LogP contribution in [0.3, 0.4) is 0 Å². The summed E-state index contributed by atoms with van der Waals surface area (Å²) in [5, 5.41) is 14.8. The fraction of sp³-hybridized carbons (Fsp3) is 0.489. The predicted molar refractivity (Wildman–Crippen MR) is 225 cm³/mol. The number of amides is 4. The van der Waals surface area contributed by atoms with E-state index in [0.29, 0.717) is 34.5 Å². The molecule has 4 amide bonds. The molecule has 2 atom stereocenters. The van der Waals surface area contributed by atoms with Gasteiger partial charge in [-0.15, -0.1) is 0 Å². The Bertz CT molecular complexity index is 2050. The van der Waals surface area contributed by atoms with Gasteiger partial charge in [-0.2, -0.15) is 5.26 Å².